The van der Waals surface area contributed by atoms with Gasteiger partial charge in [0, 0.05) is 18.3 Å². The Morgan fingerprint density at radius 2 is 1.55 bits per heavy atom. The van der Waals surface area contributed by atoms with Crippen LogP contribution < -0.4 is 0 Å². The first-order valence-electron chi connectivity index (χ1n) is 4.52. The van der Waals surface area contributed by atoms with Gasteiger partial charge in [0.1, 0.15) is 6.17 Å². The quantitative estimate of drug-likeness (QED) is 0.546. The Kier molecular flexibility index (Phi) is 2.01. The summed E-state index contributed by atoms with van der Waals surface area (Å²) in [6, 6.07) is 0. The molecule has 0 N–H and O–H groups in total. The second-order valence-corrected chi connectivity index (χ2v) is 3.41. The summed E-state index contributed by atoms with van der Waals surface area (Å²) in [5.74, 6) is 0.749. The molecule has 2 aliphatic rings. The summed E-state index contributed by atoms with van der Waals surface area (Å²) in [7, 11) is 0. The third-order valence-corrected chi connectivity index (χ3v) is 2.62. The van der Waals surface area contributed by atoms with Gasteiger partial charge in [-0.15, -0.1) is 0 Å². The second kappa shape index (κ2) is 3.16. The third-order valence-electron chi connectivity index (χ3n) is 2.62. The van der Waals surface area contributed by atoms with Gasteiger partial charge in [0.05, 0.1) is 0 Å². The number of nitrogens with zero attached hydrogens (tertiary/aromatic N) is 2. The predicted molar refractivity (Wildman–Crippen MR) is 47.3 cm³/mol. The van der Waals surface area contributed by atoms with Crippen LogP contribution in [0.5, 0.6) is 0 Å². The van der Waals surface area contributed by atoms with Gasteiger partial charge >= 0.3 is 0 Å². The highest BCUT2D eigenvalue weighted by Gasteiger charge is 2.22. The van der Waals surface area contributed by atoms with E-state index >= 15 is 0 Å². The topological polar surface area (TPSA) is 24.7 Å². The Balaban J connectivity index is 1.92. The summed E-state index contributed by atoms with van der Waals surface area (Å²) < 4.78 is 0. The molecule has 2 nitrogen and oxygen atoms in total. The summed E-state index contributed by atoms with van der Waals surface area (Å²) in [4.78, 5) is 8.62. The molecular weight excluding hydrogens is 136 g/mol. The van der Waals surface area contributed by atoms with Crippen molar-refractivity contribution < 1.29 is 0 Å². The van der Waals surface area contributed by atoms with Crippen molar-refractivity contribution >= 4 is 12.4 Å². The smallest absolute Gasteiger partial charge is 0.142 e. The summed E-state index contributed by atoms with van der Waals surface area (Å²) >= 11 is 0. The van der Waals surface area contributed by atoms with E-state index in [2.05, 4.69) is 9.98 Å². The van der Waals surface area contributed by atoms with Crippen molar-refractivity contribution in [2.45, 2.75) is 38.3 Å². The fraction of sp³-hybridized carbons (Fsp3) is 0.778. The molecule has 1 aliphatic carbocycles. The minimum Gasteiger partial charge on any atom is -0.265 e. The lowest BCUT2D eigenvalue weighted by molar-refractivity contribution is 0.314. The lowest BCUT2D eigenvalue weighted by Crippen LogP contribution is -2.17. The Labute approximate surface area is 67.4 Å². The molecule has 1 heterocycles. The van der Waals surface area contributed by atoms with Crippen LogP contribution >= 0.6 is 0 Å². The van der Waals surface area contributed by atoms with E-state index in [0.29, 0.717) is 0 Å². The van der Waals surface area contributed by atoms with E-state index in [4.69, 9.17) is 0 Å². The molecule has 0 unspecified atom stereocenters. The molecule has 0 aromatic carbocycles. The van der Waals surface area contributed by atoms with E-state index in [1.165, 1.54) is 32.1 Å². The first kappa shape index (κ1) is 7.01. The van der Waals surface area contributed by atoms with Gasteiger partial charge in [0.2, 0.25) is 0 Å². The molecule has 0 radical (unpaired) electrons. The molecule has 0 amide bonds. The first-order valence-corrected chi connectivity index (χ1v) is 4.52. The molecule has 0 bridgehead atoms. The van der Waals surface area contributed by atoms with Crippen LogP contribution in [0.1, 0.15) is 32.1 Å². The van der Waals surface area contributed by atoms with Crippen LogP contribution in [0.2, 0.25) is 0 Å². The molecule has 1 fully saturated rings. The molecule has 1 saturated carbocycles. The van der Waals surface area contributed by atoms with Crippen molar-refractivity contribution in [1.29, 1.82) is 0 Å². The highest BCUT2D eigenvalue weighted by molar-refractivity contribution is 6.17. The van der Waals surface area contributed by atoms with Gasteiger partial charge in [-0.2, -0.15) is 0 Å². The SMILES string of the molecule is C1=NC(C2CCCCC2)N=C1. The van der Waals surface area contributed by atoms with Gasteiger partial charge in [-0.25, -0.2) is 0 Å². The number of rotatable bonds is 1. The second-order valence-electron chi connectivity index (χ2n) is 3.41. The molecule has 0 atom stereocenters. The Morgan fingerprint density at radius 1 is 0.909 bits per heavy atom. The maximum absolute atomic E-state index is 4.31. The van der Waals surface area contributed by atoms with Gasteiger partial charge in [-0.1, -0.05) is 19.3 Å². The Morgan fingerprint density at radius 3 is 2.18 bits per heavy atom. The maximum Gasteiger partial charge on any atom is 0.142 e. The molecule has 0 spiro atoms. The van der Waals surface area contributed by atoms with Crippen LogP contribution in [-0.2, 0) is 0 Å². The third kappa shape index (κ3) is 1.50. The van der Waals surface area contributed by atoms with E-state index in [1.54, 1.807) is 0 Å². The van der Waals surface area contributed by atoms with Crippen molar-refractivity contribution in [3.63, 3.8) is 0 Å². The van der Waals surface area contributed by atoms with Gasteiger partial charge in [-0.3, -0.25) is 9.98 Å². The van der Waals surface area contributed by atoms with Gasteiger partial charge in [0.15, 0.2) is 0 Å². The zero-order chi connectivity index (χ0) is 7.52. The van der Waals surface area contributed by atoms with Crippen molar-refractivity contribution in [3.8, 4) is 0 Å². The summed E-state index contributed by atoms with van der Waals surface area (Å²) in [6.45, 7) is 0. The first-order chi connectivity index (χ1) is 5.47. The van der Waals surface area contributed by atoms with Crippen LogP contribution in [-0.4, -0.2) is 18.6 Å². The van der Waals surface area contributed by atoms with E-state index in [-0.39, 0.29) is 6.17 Å². The lowest BCUT2D eigenvalue weighted by Gasteiger charge is -2.23. The fourth-order valence-electron chi connectivity index (χ4n) is 1.97. The maximum atomic E-state index is 4.31. The van der Waals surface area contributed by atoms with E-state index in [9.17, 15) is 0 Å². The van der Waals surface area contributed by atoms with Gasteiger partial charge in [-0.05, 0) is 12.8 Å². The van der Waals surface area contributed by atoms with Crippen LogP contribution in [0.15, 0.2) is 9.98 Å². The standard InChI is InChI=1S/C9H14N2/c1-2-4-8(5-3-1)9-10-6-7-11-9/h6-9H,1-5H2. The van der Waals surface area contributed by atoms with Crippen LogP contribution in [0.4, 0.5) is 0 Å². The molecule has 0 aromatic rings. The molecule has 2 heteroatoms. The molecule has 11 heavy (non-hydrogen) atoms. The molecule has 2 rings (SSSR count). The summed E-state index contributed by atoms with van der Waals surface area (Å²) in [6.07, 6.45) is 10.8. The summed E-state index contributed by atoms with van der Waals surface area (Å²) in [5, 5.41) is 0. The van der Waals surface area contributed by atoms with Gasteiger partial charge < -0.3 is 0 Å². The fourth-order valence-corrected chi connectivity index (χ4v) is 1.97. The summed E-state index contributed by atoms with van der Waals surface area (Å²) in [5.41, 5.74) is 0. The molecular formula is C9H14N2. The Bertz CT molecular complexity index is 166. The van der Waals surface area contributed by atoms with E-state index < -0.39 is 0 Å². The van der Waals surface area contributed by atoms with Gasteiger partial charge in [0.25, 0.3) is 0 Å². The van der Waals surface area contributed by atoms with Crippen molar-refractivity contribution in [2.75, 3.05) is 0 Å². The minimum atomic E-state index is 0.287. The van der Waals surface area contributed by atoms with Crippen LogP contribution in [0.25, 0.3) is 0 Å². The zero-order valence-corrected chi connectivity index (χ0v) is 6.74. The average Bonchev–Trinajstić information content (AvgIpc) is 2.58. The monoisotopic (exact) mass is 150 g/mol. The normalized spacial score (nSPS) is 26.5. The van der Waals surface area contributed by atoms with E-state index in [0.717, 1.165) is 5.92 Å². The highest BCUT2D eigenvalue weighted by Crippen LogP contribution is 2.28. The Hall–Kier alpha value is -0.660. The van der Waals surface area contributed by atoms with Crippen LogP contribution in [0.3, 0.4) is 0 Å². The molecule has 1 aliphatic heterocycles. The van der Waals surface area contributed by atoms with Crippen LogP contribution in [0, 0.1) is 5.92 Å². The highest BCUT2D eigenvalue weighted by atomic mass is 15.0. The van der Waals surface area contributed by atoms with Crippen molar-refractivity contribution in [2.24, 2.45) is 15.9 Å². The molecule has 60 valence electrons. The van der Waals surface area contributed by atoms with Crippen molar-refractivity contribution in [3.05, 3.63) is 0 Å². The minimum absolute atomic E-state index is 0.287. The average molecular weight is 150 g/mol. The number of hydrogen-bond acceptors (Lipinski definition) is 2. The molecule has 0 saturated heterocycles. The van der Waals surface area contributed by atoms with Crippen molar-refractivity contribution in [1.82, 2.24) is 0 Å². The largest absolute Gasteiger partial charge is 0.265 e. The molecule has 0 aromatic heterocycles. The number of hydrogen-bond donors (Lipinski definition) is 0. The number of aliphatic imine (C=N–C) groups is 2. The predicted octanol–water partition coefficient (Wildman–Crippen LogP) is 2.05. The lowest BCUT2D eigenvalue weighted by atomic mass is 9.87. The van der Waals surface area contributed by atoms with E-state index in [1.807, 2.05) is 12.4 Å². The zero-order valence-electron chi connectivity index (χ0n) is 6.74.